The van der Waals surface area contributed by atoms with Gasteiger partial charge in [0, 0.05) is 11.5 Å². The van der Waals surface area contributed by atoms with Crippen LogP contribution in [0.3, 0.4) is 0 Å². The van der Waals surface area contributed by atoms with E-state index in [-0.39, 0.29) is 36.3 Å². The first kappa shape index (κ1) is 24.5. The summed E-state index contributed by atoms with van der Waals surface area (Å²) in [6.45, 7) is 6.54. The molecule has 2 aromatic carbocycles. The molecule has 2 aliphatic heterocycles. The Morgan fingerprint density at radius 1 is 1.11 bits per heavy atom. The van der Waals surface area contributed by atoms with Crippen molar-refractivity contribution < 1.29 is 28.5 Å². The standard InChI is InChI=1S/C30H32O6/c1-20-24-16-15-22(12-9-17-30(2)27(36-30)26(24)35-28(20)31)18-33-25(23-13-7-4-8-14-23)29(32)34-19-21-10-5-3-6-11-21/h3-8,10-14,24-27H,1,9,15-19H2,2H3/t24-,25?,26-,27+,30+/m0/s1. The van der Waals surface area contributed by atoms with E-state index in [1.807, 2.05) is 60.7 Å². The van der Waals surface area contributed by atoms with Crippen LogP contribution in [0.1, 0.15) is 49.8 Å². The van der Waals surface area contributed by atoms with Crippen LogP contribution in [-0.2, 0) is 35.1 Å². The maximum atomic E-state index is 13.1. The molecule has 6 heteroatoms. The number of carbonyl (C=O) groups excluding carboxylic acids is 2. The van der Waals surface area contributed by atoms with Crippen LogP contribution in [0.25, 0.3) is 0 Å². The van der Waals surface area contributed by atoms with Gasteiger partial charge in [-0.15, -0.1) is 0 Å². The normalized spacial score (nSPS) is 28.2. The Kier molecular flexibility index (Phi) is 7.08. The van der Waals surface area contributed by atoms with E-state index in [9.17, 15) is 9.59 Å². The maximum Gasteiger partial charge on any atom is 0.340 e. The van der Waals surface area contributed by atoms with E-state index in [4.69, 9.17) is 18.9 Å². The summed E-state index contributed by atoms with van der Waals surface area (Å²) in [5.74, 6) is -0.823. The van der Waals surface area contributed by atoms with E-state index in [1.54, 1.807) is 0 Å². The van der Waals surface area contributed by atoms with E-state index in [1.165, 1.54) is 0 Å². The van der Waals surface area contributed by atoms with E-state index < -0.39 is 12.1 Å². The Bertz CT molecular complexity index is 1140. The molecule has 3 aliphatic rings. The van der Waals surface area contributed by atoms with Crippen LogP contribution in [0.4, 0.5) is 0 Å². The average molecular weight is 489 g/mol. The molecule has 0 bridgehead atoms. The van der Waals surface area contributed by atoms with Gasteiger partial charge in [0.25, 0.3) is 0 Å². The highest BCUT2D eigenvalue weighted by Crippen LogP contribution is 2.49. The minimum Gasteiger partial charge on any atom is -0.459 e. The Morgan fingerprint density at radius 3 is 2.58 bits per heavy atom. The molecule has 188 valence electrons. The second kappa shape index (κ2) is 10.4. The number of esters is 2. The van der Waals surface area contributed by atoms with Gasteiger partial charge >= 0.3 is 11.9 Å². The predicted octanol–water partition coefficient (Wildman–Crippen LogP) is 5.24. The predicted molar refractivity (Wildman–Crippen MR) is 134 cm³/mol. The number of rotatable bonds is 7. The quantitative estimate of drug-likeness (QED) is 0.230. The molecular formula is C30H32O6. The molecule has 2 heterocycles. The highest BCUT2D eigenvalue weighted by Gasteiger charge is 2.61. The molecule has 0 amide bonds. The van der Waals surface area contributed by atoms with Crippen molar-refractivity contribution in [2.45, 2.75) is 63.1 Å². The molecule has 6 nitrogen and oxygen atoms in total. The van der Waals surface area contributed by atoms with Crippen molar-refractivity contribution in [1.29, 1.82) is 0 Å². The summed E-state index contributed by atoms with van der Waals surface area (Å²) < 4.78 is 23.5. The highest BCUT2D eigenvalue weighted by molar-refractivity contribution is 5.91. The Labute approximate surface area is 211 Å². The Hall–Kier alpha value is -3.22. The van der Waals surface area contributed by atoms with Crippen LogP contribution in [0.2, 0.25) is 0 Å². The molecule has 1 unspecified atom stereocenters. The average Bonchev–Trinajstić information content (AvgIpc) is 3.49. The molecule has 5 atom stereocenters. The first-order valence-electron chi connectivity index (χ1n) is 12.6. The second-order valence-corrected chi connectivity index (χ2v) is 9.99. The molecule has 0 saturated carbocycles. The highest BCUT2D eigenvalue weighted by atomic mass is 16.6. The molecule has 2 fully saturated rings. The van der Waals surface area contributed by atoms with Crippen molar-refractivity contribution in [3.63, 3.8) is 0 Å². The summed E-state index contributed by atoms with van der Waals surface area (Å²) in [6.07, 6.45) is 4.10. The van der Waals surface area contributed by atoms with E-state index in [0.717, 1.165) is 42.4 Å². The number of allylic oxidation sites excluding steroid dienone is 1. The third kappa shape index (κ3) is 5.30. The number of hydrogen-bond donors (Lipinski definition) is 0. The summed E-state index contributed by atoms with van der Waals surface area (Å²) in [6, 6.07) is 19.0. The van der Waals surface area contributed by atoms with Gasteiger partial charge in [-0.1, -0.05) is 73.3 Å². The molecule has 2 aromatic rings. The van der Waals surface area contributed by atoms with Crippen molar-refractivity contribution in [3.8, 4) is 0 Å². The molecule has 36 heavy (non-hydrogen) atoms. The Morgan fingerprint density at radius 2 is 1.83 bits per heavy atom. The molecular weight excluding hydrogens is 456 g/mol. The lowest BCUT2D eigenvalue weighted by atomic mass is 9.84. The zero-order valence-corrected chi connectivity index (χ0v) is 20.6. The molecule has 5 rings (SSSR count). The van der Waals surface area contributed by atoms with Crippen LogP contribution in [0.15, 0.2) is 84.5 Å². The SMILES string of the molecule is C=C1C(=O)O[C@@H]2[C@H]3O[C@]3(C)CCC=C(COC(C(=O)OCc3ccccc3)c3ccccc3)CC[C@@H]12. The topological polar surface area (TPSA) is 74.4 Å². The monoisotopic (exact) mass is 488 g/mol. The smallest absolute Gasteiger partial charge is 0.340 e. The molecule has 0 aromatic heterocycles. The number of epoxide rings is 1. The van der Waals surface area contributed by atoms with Crippen molar-refractivity contribution in [3.05, 3.63) is 95.6 Å². The lowest BCUT2D eigenvalue weighted by Gasteiger charge is -2.22. The Balaban J connectivity index is 1.28. The molecule has 0 spiro atoms. The van der Waals surface area contributed by atoms with Gasteiger partial charge in [0.05, 0.1) is 12.2 Å². The van der Waals surface area contributed by atoms with Crippen molar-refractivity contribution in [2.75, 3.05) is 6.61 Å². The van der Waals surface area contributed by atoms with Gasteiger partial charge in [-0.05, 0) is 49.3 Å². The number of benzene rings is 2. The summed E-state index contributed by atoms with van der Waals surface area (Å²) >= 11 is 0. The second-order valence-electron chi connectivity index (χ2n) is 9.99. The summed E-state index contributed by atoms with van der Waals surface area (Å²) in [7, 11) is 0. The zero-order valence-electron chi connectivity index (χ0n) is 20.6. The van der Waals surface area contributed by atoms with Crippen LogP contribution in [-0.4, -0.2) is 36.4 Å². The maximum absolute atomic E-state index is 13.1. The number of carbonyl (C=O) groups is 2. The van der Waals surface area contributed by atoms with E-state index >= 15 is 0 Å². The van der Waals surface area contributed by atoms with Gasteiger partial charge in [0.1, 0.15) is 18.8 Å². The van der Waals surface area contributed by atoms with E-state index in [2.05, 4.69) is 19.6 Å². The van der Waals surface area contributed by atoms with Crippen LogP contribution in [0, 0.1) is 5.92 Å². The molecule has 0 N–H and O–H groups in total. The lowest BCUT2D eigenvalue weighted by molar-refractivity contribution is -0.158. The van der Waals surface area contributed by atoms with Gasteiger partial charge in [0.15, 0.2) is 6.10 Å². The van der Waals surface area contributed by atoms with Gasteiger partial charge in [-0.3, -0.25) is 0 Å². The fourth-order valence-electron chi connectivity index (χ4n) is 5.17. The third-order valence-electron chi connectivity index (χ3n) is 7.41. The van der Waals surface area contributed by atoms with Gasteiger partial charge in [-0.2, -0.15) is 0 Å². The molecule has 0 radical (unpaired) electrons. The zero-order chi connectivity index (χ0) is 25.1. The van der Waals surface area contributed by atoms with Crippen molar-refractivity contribution >= 4 is 11.9 Å². The van der Waals surface area contributed by atoms with Crippen molar-refractivity contribution in [2.24, 2.45) is 5.92 Å². The number of hydrogen-bond acceptors (Lipinski definition) is 6. The minimum absolute atomic E-state index is 0.0706. The first-order chi connectivity index (χ1) is 17.4. The molecule has 2 saturated heterocycles. The summed E-state index contributed by atoms with van der Waals surface area (Å²) in [4.78, 5) is 25.3. The summed E-state index contributed by atoms with van der Waals surface area (Å²) in [5.41, 5.74) is 2.98. The number of fused-ring (bicyclic) bond motifs is 3. The van der Waals surface area contributed by atoms with Crippen LogP contribution in [0.5, 0.6) is 0 Å². The largest absolute Gasteiger partial charge is 0.459 e. The lowest BCUT2D eigenvalue weighted by Crippen LogP contribution is -2.29. The van der Waals surface area contributed by atoms with Crippen LogP contribution < -0.4 is 0 Å². The molecule has 1 aliphatic carbocycles. The van der Waals surface area contributed by atoms with Gasteiger partial charge in [0.2, 0.25) is 0 Å². The number of ether oxygens (including phenoxy) is 4. The first-order valence-corrected chi connectivity index (χ1v) is 12.6. The van der Waals surface area contributed by atoms with Crippen molar-refractivity contribution in [1.82, 2.24) is 0 Å². The van der Waals surface area contributed by atoms with Gasteiger partial charge in [-0.25, -0.2) is 9.59 Å². The van der Waals surface area contributed by atoms with Crippen LogP contribution >= 0.6 is 0 Å². The van der Waals surface area contributed by atoms with E-state index in [0.29, 0.717) is 12.2 Å². The fourth-order valence-corrected chi connectivity index (χ4v) is 5.17. The van der Waals surface area contributed by atoms with Gasteiger partial charge < -0.3 is 18.9 Å². The third-order valence-corrected chi connectivity index (χ3v) is 7.41. The summed E-state index contributed by atoms with van der Waals surface area (Å²) in [5, 5.41) is 0. The fraction of sp³-hybridized carbons (Fsp3) is 0.400. The minimum atomic E-state index is -0.834.